The van der Waals surface area contributed by atoms with E-state index in [0.29, 0.717) is 5.52 Å². The number of carbonyl (C=O) groups excluding carboxylic acids is 1. The standard InChI is InChI=1S/C12H10N2O5S/c1-19-11(18)6-2-3-7-8(4-6)13-12(20)14(10(7)17)5-9(15)16/h2-4H,5H2,1H3,(H,13,20)(H,15,16). The molecular weight excluding hydrogens is 284 g/mol. The Labute approximate surface area is 117 Å². The van der Waals surface area contributed by atoms with Gasteiger partial charge in [0.05, 0.1) is 23.6 Å². The molecule has 0 atom stereocenters. The van der Waals surface area contributed by atoms with Gasteiger partial charge in [-0.25, -0.2) is 4.79 Å². The van der Waals surface area contributed by atoms with Crippen LogP contribution >= 0.6 is 12.2 Å². The number of ether oxygens (including phenoxy) is 1. The normalized spacial score (nSPS) is 10.4. The number of esters is 1. The number of carbonyl (C=O) groups is 2. The summed E-state index contributed by atoms with van der Waals surface area (Å²) in [5.74, 6) is -1.71. The highest BCUT2D eigenvalue weighted by Gasteiger charge is 2.11. The quantitative estimate of drug-likeness (QED) is 0.645. The van der Waals surface area contributed by atoms with Crippen LogP contribution in [0.5, 0.6) is 0 Å². The Morgan fingerprint density at radius 2 is 2.15 bits per heavy atom. The Bertz CT molecular complexity index is 821. The van der Waals surface area contributed by atoms with Gasteiger partial charge < -0.3 is 14.8 Å². The second-order valence-corrected chi connectivity index (χ2v) is 4.35. The average molecular weight is 294 g/mol. The maximum atomic E-state index is 12.1. The minimum absolute atomic E-state index is 0.0214. The summed E-state index contributed by atoms with van der Waals surface area (Å²) in [5, 5.41) is 9.00. The van der Waals surface area contributed by atoms with Crippen LogP contribution in [0.1, 0.15) is 10.4 Å². The molecule has 0 radical (unpaired) electrons. The van der Waals surface area contributed by atoms with Gasteiger partial charge in [0.15, 0.2) is 4.77 Å². The van der Waals surface area contributed by atoms with Crippen molar-refractivity contribution in [2.24, 2.45) is 0 Å². The van der Waals surface area contributed by atoms with E-state index in [1.54, 1.807) is 0 Å². The average Bonchev–Trinajstić information content (AvgIpc) is 2.41. The van der Waals surface area contributed by atoms with Gasteiger partial charge in [0.1, 0.15) is 6.54 Å². The lowest BCUT2D eigenvalue weighted by Crippen LogP contribution is -2.25. The number of aliphatic carboxylic acids is 1. The molecule has 20 heavy (non-hydrogen) atoms. The molecule has 0 unspecified atom stereocenters. The molecular formula is C12H10N2O5S. The first-order chi connectivity index (χ1) is 9.43. The number of nitrogens with one attached hydrogen (secondary N) is 1. The van der Waals surface area contributed by atoms with Crippen LogP contribution in [-0.4, -0.2) is 33.7 Å². The van der Waals surface area contributed by atoms with Crippen molar-refractivity contribution >= 4 is 35.1 Å². The zero-order valence-electron chi connectivity index (χ0n) is 10.4. The summed E-state index contributed by atoms with van der Waals surface area (Å²) >= 11 is 4.95. The van der Waals surface area contributed by atoms with Gasteiger partial charge in [-0.1, -0.05) is 0 Å². The van der Waals surface area contributed by atoms with Gasteiger partial charge >= 0.3 is 11.9 Å². The topological polar surface area (TPSA) is 101 Å². The number of benzene rings is 1. The molecule has 2 aromatic rings. The van der Waals surface area contributed by atoms with Gasteiger partial charge in [0.25, 0.3) is 5.56 Å². The number of rotatable bonds is 3. The Kier molecular flexibility index (Phi) is 3.66. The third kappa shape index (κ3) is 2.45. The molecule has 0 aliphatic rings. The zero-order chi connectivity index (χ0) is 14.9. The fraction of sp³-hybridized carbons (Fsp3) is 0.167. The van der Waals surface area contributed by atoms with Crippen molar-refractivity contribution < 1.29 is 19.4 Å². The molecule has 2 rings (SSSR count). The summed E-state index contributed by atoms with van der Waals surface area (Å²) in [6, 6.07) is 4.29. The van der Waals surface area contributed by atoms with Gasteiger partial charge in [-0.2, -0.15) is 0 Å². The molecule has 1 aromatic carbocycles. The number of hydrogen-bond donors (Lipinski definition) is 2. The van der Waals surface area contributed by atoms with Gasteiger partial charge in [-0.05, 0) is 30.4 Å². The molecule has 104 valence electrons. The summed E-state index contributed by atoms with van der Waals surface area (Å²) in [5.41, 5.74) is 0.0909. The number of carboxylic acid groups (broad SMARTS) is 1. The molecule has 0 amide bonds. The molecule has 0 saturated carbocycles. The van der Waals surface area contributed by atoms with Crippen molar-refractivity contribution in [2.75, 3.05) is 7.11 Å². The number of methoxy groups -OCH3 is 1. The number of hydrogen-bond acceptors (Lipinski definition) is 5. The number of fused-ring (bicyclic) bond motifs is 1. The Morgan fingerprint density at radius 1 is 1.45 bits per heavy atom. The van der Waals surface area contributed by atoms with Gasteiger partial charge in [0.2, 0.25) is 0 Å². The second kappa shape index (κ2) is 5.25. The molecule has 0 fully saturated rings. The van der Waals surface area contributed by atoms with Crippen LogP contribution in [-0.2, 0) is 16.1 Å². The first kappa shape index (κ1) is 13.9. The fourth-order valence-corrected chi connectivity index (χ4v) is 2.04. The maximum Gasteiger partial charge on any atom is 0.337 e. The highest BCUT2D eigenvalue weighted by Crippen LogP contribution is 2.11. The van der Waals surface area contributed by atoms with E-state index in [4.69, 9.17) is 17.3 Å². The number of nitrogens with zero attached hydrogens (tertiary/aromatic N) is 1. The second-order valence-electron chi connectivity index (χ2n) is 3.97. The van der Waals surface area contributed by atoms with E-state index in [1.807, 2.05) is 0 Å². The number of aromatic nitrogens is 2. The highest BCUT2D eigenvalue weighted by atomic mass is 32.1. The van der Waals surface area contributed by atoms with E-state index >= 15 is 0 Å². The molecule has 0 saturated heterocycles. The SMILES string of the molecule is COC(=O)c1ccc2c(=O)n(CC(=O)O)c(=S)[nH]c2c1. The first-order valence-electron chi connectivity index (χ1n) is 5.51. The van der Waals surface area contributed by atoms with Gasteiger partial charge in [0, 0.05) is 0 Å². The molecule has 7 nitrogen and oxygen atoms in total. The molecule has 0 aliphatic carbocycles. The molecule has 1 aromatic heterocycles. The maximum absolute atomic E-state index is 12.1. The number of H-pyrrole nitrogens is 1. The van der Waals surface area contributed by atoms with E-state index in [0.717, 1.165) is 4.57 Å². The molecule has 1 heterocycles. The van der Waals surface area contributed by atoms with E-state index in [-0.39, 0.29) is 15.7 Å². The van der Waals surface area contributed by atoms with Crippen molar-refractivity contribution in [3.05, 3.63) is 38.9 Å². The minimum Gasteiger partial charge on any atom is -0.480 e. The highest BCUT2D eigenvalue weighted by molar-refractivity contribution is 7.71. The largest absolute Gasteiger partial charge is 0.480 e. The summed E-state index contributed by atoms with van der Waals surface area (Å²) in [6.45, 7) is -0.525. The van der Waals surface area contributed by atoms with Crippen molar-refractivity contribution in [1.29, 1.82) is 0 Å². The van der Waals surface area contributed by atoms with Crippen LogP contribution < -0.4 is 5.56 Å². The van der Waals surface area contributed by atoms with Crippen LogP contribution in [0.25, 0.3) is 10.9 Å². The third-order valence-corrected chi connectivity index (χ3v) is 3.02. The monoisotopic (exact) mass is 294 g/mol. The summed E-state index contributed by atoms with van der Waals surface area (Å²) in [4.78, 5) is 37.0. The Balaban J connectivity index is 2.70. The smallest absolute Gasteiger partial charge is 0.337 e. The van der Waals surface area contributed by atoms with E-state index in [9.17, 15) is 14.4 Å². The van der Waals surface area contributed by atoms with Crippen LogP contribution in [0.4, 0.5) is 0 Å². The zero-order valence-corrected chi connectivity index (χ0v) is 11.2. The van der Waals surface area contributed by atoms with Crippen molar-refractivity contribution in [3.63, 3.8) is 0 Å². The fourth-order valence-electron chi connectivity index (χ4n) is 1.78. The van der Waals surface area contributed by atoms with Crippen LogP contribution in [0.2, 0.25) is 0 Å². The molecule has 0 bridgehead atoms. The first-order valence-corrected chi connectivity index (χ1v) is 5.92. The predicted molar refractivity (Wildman–Crippen MR) is 72.4 cm³/mol. The van der Waals surface area contributed by atoms with Crippen molar-refractivity contribution in [1.82, 2.24) is 9.55 Å². The van der Waals surface area contributed by atoms with Crippen molar-refractivity contribution in [3.8, 4) is 0 Å². The number of aromatic amines is 1. The van der Waals surface area contributed by atoms with Crippen LogP contribution in [0.3, 0.4) is 0 Å². The molecule has 0 aliphatic heterocycles. The Hall–Kier alpha value is -2.48. The van der Waals surface area contributed by atoms with Gasteiger partial charge in [-0.3, -0.25) is 14.2 Å². The van der Waals surface area contributed by atoms with Crippen LogP contribution in [0.15, 0.2) is 23.0 Å². The van der Waals surface area contributed by atoms with E-state index in [2.05, 4.69) is 9.72 Å². The summed E-state index contributed by atoms with van der Waals surface area (Å²) in [6.07, 6.45) is 0. The van der Waals surface area contributed by atoms with Crippen molar-refractivity contribution in [2.45, 2.75) is 6.54 Å². The Morgan fingerprint density at radius 3 is 2.75 bits per heavy atom. The summed E-state index contributed by atoms with van der Waals surface area (Å²) in [7, 11) is 1.25. The summed E-state index contributed by atoms with van der Waals surface area (Å²) < 4.78 is 5.50. The number of carboxylic acids is 1. The lowest BCUT2D eigenvalue weighted by molar-refractivity contribution is -0.137. The molecule has 8 heteroatoms. The minimum atomic E-state index is -1.17. The lowest BCUT2D eigenvalue weighted by Gasteiger charge is -2.06. The van der Waals surface area contributed by atoms with E-state index < -0.39 is 24.0 Å². The molecule has 2 N–H and O–H groups in total. The lowest BCUT2D eigenvalue weighted by atomic mass is 10.1. The molecule has 0 spiro atoms. The van der Waals surface area contributed by atoms with Gasteiger partial charge in [-0.15, -0.1) is 0 Å². The predicted octanol–water partition coefficient (Wildman–Crippen LogP) is 0.930. The van der Waals surface area contributed by atoms with Crippen LogP contribution in [0, 0.1) is 4.77 Å². The van der Waals surface area contributed by atoms with E-state index in [1.165, 1.54) is 25.3 Å². The third-order valence-electron chi connectivity index (χ3n) is 2.70.